The molecule has 0 bridgehead atoms. The first-order chi connectivity index (χ1) is 5.57. The van der Waals surface area contributed by atoms with Gasteiger partial charge in [0.25, 0.3) is 0 Å². The van der Waals surface area contributed by atoms with Crippen molar-refractivity contribution in [2.75, 3.05) is 0 Å². The second kappa shape index (κ2) is 8.32. The summed E-state index contributed by atoms with van der Waals surface area (Å²) in [7, 11) is 0. The molecule has 0 aromatic heterocycles. The van der Waals surface area contributed by atoms with Crippen LogP contribution in [0.5, 0.6) is 0 Å². The smallest absolute Gasteiger partial charge is 0.0395 e. The molecule has 0 saturated carbocycles. The van der Waals surface area contributed by atoms with Crippen molar-refractivity contribution < 1.29 is 0 Å². The van der Waals surface area contributed by atoms with E-state index in [1.165, 1.54) is 11.1 Å². The summed E-state index contributed by atoms with van der Waals surface area (Å²) in [6.07, 6.45) is 4.23. The Labute approximate surface area is 77.7 Å². The van der Waals surface area contributed by atoms with Crippen LogP contribution >= 0.6 is 0 Å². The van der Waals surface area contributed by atoms with E-state index in [1.807, 2.05) is 27.7 Å². The van der Waals surface area contributed by atoms with Gasteiger partial charge in [-0.05, 0) is 33.3 Å². The van der Waals surface area contributed by atoms with Gasteiger partial charge in [0, 0.05) is 0 Å². The fourth-order valence-electron chi connectivity index (χ4n) is 0.548. The van der Waals surface area contributed by atoms with Gasteiger partial charge in [0.15, 0.2) is 0 Å². The van der Waals surface area contributed by atoms with Gasteiger partial charge in [0.2, 0.25) is 0 Å². The molecule has 0 aromatic carbocycles. The van der Waals surface area contributed by atoms with Crippen molar-refractivity contribution in [3.8, 4) is 0 Å². The highest BCUT2D eigenvalue weighted by Crippen LogP contribution is 2.08. The van der Waals surface area contributed by atoms with Crippen molar-refractivity contribution in [2.24, 2.45) is 0 Å². The lowest BCUT2D eigenvalue weighted by atomic mass is 10.1. The zero-order valence-corrected chi connectivity index (χ0v) is 9.36. The van der Waals surface area contributed by atoms with Gasteiger partial charge in [0.05, 0.1) is 0 Å². The van der Waals surface area contributed by atoms with E-state index in [0.29, 0.717) is 0 Å². The summed E-state index contributed by atoms with van der Waals surface area (Å²) in [6.45, 7) is 16.1. The maximum atomic E-state index is 3.85. The third-order valence-electron chi connectivity index (χ3n) is 1.57. The van der Waals surface area contributed by atoms with Crippen LogP contribution in [0.4, 0.5) is 0 Å². The summed E-state index contributed by atoms with van der Waals surface area (Å²) in [5.41, 5.74) is 3.69. The lowest BCUT2D eigenvalue weighted by Gasteiger charge is -1.97. The number of rotatable bonds is 2. The molecule has 70 valence electrons. The third-order valence-corrected chi connectivity index (χ3v) is 1.57. The molecule has 0 aliphatic rings. The minimum atomic E-state index is 1.14. The molecule has 0 saturated heterocycles. The molecule has 0 amide bonds. The molecule has 0 atom stereocenters. The Morgan fingerprint density at radius 2 is 1.50 bits per heavy atom. The fourth-order valence-corrected chi connectivity index (χ4v) is 0.548. The molecule has 0 N–H and O–H groups in total. The largest absolute Gasteiger partial charge is 0.0958 e. The first-order valence-electron chi connectivity index (χ1n) is 4.55. The van der Waals surface area contributed by atoms with Crippen LogP contribution in [-0.4, -0.2) is 0 Å². The SMILES string of the molecule is C=C(C)/C(C)=C\C(C)=C\C.CC. The van der Waals surface area contributed by atoms with Gasteiger partial charge in [-0.2, -0.15) is 0 Å². The number of hydrogen-bond donors (Lipinski definition) is 0. The molecule has 12 heavy (non-hydrogen) atoms. The molecular formula is C12H22. The lowest BCUT2D eigenvalue weighted by Crippen LogP contribution is -1.77. The molecule has 0 radical (unpaired) electrons. The van der Waals surface area contributed by atoms with Gasteiger partial charge in [-0.3, -0.25) is 0 Å². The van der Waals surface area contributed by atoms with E-state index in [2.05, 4.69) is 32.6 Å². The van der Waals surface area contributed by atoms with Crippen LogP contribution in [-0.2, 0) is 0 Å². The van der Waals surface area contributed by atoms with Crippen LogP contribution in [0.3, 0.4) is 0 Å². The Morgan fingerprint density at radius 1 is 1.08 bits per heavy atom. The quantitative estimate of drug-likeness (QED) is 0.530. The Kier molecular flexibility index (Phi) is 9.56. The Bertz CT molecular complexity index is 180. The predicted octanol–water partition coefficient (Wildman–Crippen LogP) is 4.50. The van der Waals surface area contributed by atoms with Crippen LogP contribution in [0.2, 0.25) is 0 Å². The average molecular weight is 166 g/mol. The molecule has 0 aromatic rings. The standard InChI is InChI=1S/C10H16.C2H6/c1-6-9(4)7-10(5)8(2)3;1-2/h6-7H,2H2,1,3-5H3;1-2H3/b9-6+,10-7-;. The molecule has 0 spiro atoms. The maximum absolute atomic E-state index is 3.85. The highest BCUT2D eigenvalue weighted by molar-refractivity contribution is 5.31. The molecule has 0 nitrogen and oxygen atoms in total. The predicted molar refractivity (Wildman–Crippen MR) is 59.4 cm³/mol. The van der Waals surface area contributed by atoms with Crippen molar-refractivity contribution in [1.82, 2.24) is 0 Å². The molecule has 0 aliphatic carbocycles. The summed E-state index contributed by atoms with van der Waals surface area (Å²) in [4.78, 5) is 0. The Hall–Kier alpha value is -0.780. The Balaban J connectivity index is 0. The summed E-state index contributed by atoms with van der Waals surface area (Å²) in [6, 6.07) is 0. The van der Waals surface area contributed by atoms with Crippen molar-refractivity contribution in [3.05, 3.63) is 35.5 Å². The molecule has 0 unspecified atom stereocenters. The number of allylic oxidation sites excluding steroid dienone is 5. The van der Waals surface area contributed by atoms with E-state index in [-0.39, 0.29) is 0 Å². The highest BCUT2D eigenvalue weighted by atomic mass is 13.9. The molecule has 0 heteroatoms. The Morgan fingerprint density at radius 3 is 1.75 bits per heavy atom. The molecule has 0 heterocycles. The van der Waals surface area contributed by atoms with E-state index in [0.717, 1.165) is 5.57 Å². The van der Waals surface area contributed by atoms with Crippen molar-refractivity contribution in [2.45, 2.75) is 41.5 Å². The van der Waals surface area contributed by atoms with E-state index < -0.39 is 0 Å². The van der Waals surface area contributed by atoms with Gasteiger partial charge in [-0.15, -0.1) is 0 Å². The van der Waals surface area contributed by atoms with Crippen LogP contribution in [0, 0.1) is 0 Å². The highest BCUT2D eigenvalue weighted by Gasteiger charge is 1.87. The summed E-state index contributed by atoms with van der Waals surface area (Å²) < 4.78 is 0. The monoisotopic (exact) mass is 166 g/mol. The van der Waals surface area contributed by atoms with Crippen molar-refractivity contribution in [1.29, 1.82) is 0 Å². The van der Waals surface area contributed by atoms with Crippen LogP contribution in [0.25, 0.3) is 0 Å². The van der Waals surface area contributed by atoms with Gasteiger partial charge < -0.3 is 0 Å². The van der Waals surface area contributed by atoms with E-state index in [1.54, 1.807) is 0 Å². The van der Waals surface area contributed by atoms with Crippen LogP contribution in [0.15, 0.2) is 35.5 Å². The second-order valence-electron chi connectivity index (χ2n) is 2.64. The summed E-state index contributed by atoms with van der Waals surface area (Å²) >= 11 is 0. The minimum Gasteiger partial charge on any atom is -0.0958 e. The maximum Gasteiger partial charge on any atom is -0.0395 e. The summed E-state index contributed by atoms with van der Waals surface area (Å²) in [5, 5.41) is 0. The molecule has 0 aliphatic heterocycles. The van der Waals surface area contributed by atoms with Crippen molar-refractivity contribution in [3.63, 3.8) is 0 Å². The van der Waals surface area contributed by atoms with Crippen LogP contribution < -0.4 is 0 Å². The van der Waals surface area contributed by atoms with Gasteiger partial charge >= 0.3 is 0 Å². The molecular weight excluding hydrogens is 144 g/mol. The van der Waals surface area contributed by atoms with Gasteiger partial charge in [0.1, 0.15) is 0 Å². The fraction of sp³-hybridized carbons (Fsp3) is 0.500. The zero-order valence-electron chi connectivity index (χ0n) is 9.36. The average Bonchev–Trinajstić information content (AvgIpc) is 2.07. The first-order valence-corrected chi connectivity index (χ1v) is 4.55. The molecule has 0 rings (SSSR count). The second-order valence-corrected chi connectivity index (χ2v) is 2.64. The summed E-state index contributed by atoms with van der Waals surface area (Å²) in [5.74, 6) is 0. The zero-order chi connectivity index (χ0) is 10.1. The van der Waals surface area contributed by atoms with E-state index in [4.69, 9.17) is 0 Å². The van der Waals surface area contributed by atoms with Gasteiger partial charge in [-0.25, -0.2) is 0 Å². The van der Waals surface area contributed by atoms with E-state index in [9.17, 15) is 0 Å². The van der Waals surface area contributed by atoms with E-state index >= 15 is 0 Å². The first kappa shape index (κ1) is 13.8. The van der Waals surface area contributed by atoms with Crippen molar-refractivity contribution >= 4 is 0 Å². The van der Waals surface area contributed by atoms with Gasteiger partial charge in [-0.1, -0.05) is 43.7 Å². The topological polar surface area (TPSA) is 0 Å². The molecule has 0 fully saturated rings. The van der Waals surface area contributed by atoms with Crippen LogP contribution in [0.1, 0.15) is 41.5 Å². The lowest BCUT2D eigenvalue weighted by molar-refractivity contribution is 1.33. The number of hydrogen-bond acceptors (Lipinski definition) is 0. The normalized spacial score (nSPS) is 11.8. The third kappa shape index (κ3) is 7.33. The minimum absolute atomic E-state index is 1.14.